The molecular weight excluding hydrogens is 405 g/mol. The Balaban J connectivity index is 0.00000245. The fourth-order valence-corrected chi connectivity index (χ4v) is 4.61. The maximum absolute atomic E-state index is 12.9. The lowest BCUT2D eigenvalue weighted by Gasteiger charge is -2.32. The van der Waals surface area contributed by atoms with Crippen molar-refractivity contribution < 1.29 is 18.8 Å². The molecule has 3 heterocycles. The second-order valence-electron chi connectivity index (χ2n) is 11.2. The van der Waals surface area contributed by atoms with Gasteiger partial charge in [0.2, 0.25) is 0 Å². The van der Waals surface area contributed by atoms with Crippen molar-refractivity contribution in [1.82, 2.24) is 14.9 Å². The van der Waals surface area contributed by atoms with Gasteiger partial charge in [-0.15, -0.1) is 0 Å². The lowest BCUT2D eigenvalue weighted by atomic mass is 9.79. The first kappa shape index (κ1) is 23.1. The summed E-state index contributed by atoms with van der Waals surface area (Å²) < 4.78 is 18.1. The predicted molar refractivity (Wildman–Crippen MR) is 126 cm³/mol. The van der Waals surface area contributed by atoms with Gasteiger partial charge in [0.15, 0.2) is 0 Å². The molecule has 3 atom stereocenters. The number of aromatic amines is 1. The number of rotatable bonds is 2. The first-order chi connectivity index (χ1) is 14.3. The van der Waals surface area contributed by atoms with Gasteiger partial charge in [-0.25, -0.2) is 9.78 Å². The first-order valence-corrected chi connectivity index (χ1v) is 11.2. The molecule has 32 heavy (non-hydrogen) atoms. The molecule has 1 N–H and O–H groups in total. The quantitative estimate of drug-likeness (QED) is 0.691. The van der Waals surface area contributed by atoms with E-state index < -0.39 is 12.7 Å². The van der Waals surface area contributed by atoms with Crippen molar-refractivity contribution in [3.05, 3.63) is 24.0 Å². The number of hydrogen-bond acceptors (Lipinski definition) is 5. The van der Waals surface area contributed by atoms with Gasteiger partial charge in [0.1, 0.15) is 11.4 Å². The van der Waals surface area contributed by atoms with E-state index in [1.165, 1.54) is 0 Å². The van der Waals surface area contributed by atoms with Crippen LogP contribution in [-0.2, 0) is 14.0 Å². The zero-order valence-corrected chi connectivity index (χ0v) is 19.5. The van der Waals surface area contributed by atoms with Crippen LogP contribution in [0.3, 0.4) is 0 Å². The Labute approximate surface area is 191 Å². The van der Waals surface area contributed by atoms with Crippen molar-refractivity contribution in [2.24, 2.45) is 5.92 Å². The van der Waals surface area contributed by atoms with Crippen molar-refractivity contribution in [3.8, 4) is 0 Å². The number of hydrogen-bond donors (Lipinski definition) is 1. The van der Waals surface area contributed by atoms with E-state index in [1.54, 1.807) is 0 Å². The SMILES string of the molecule is C.CC(C)(C)OC(=O)N1[C@@H]2C[C@@H]2C[C@H]1c1nc2ccc(B3OC(C)(C)C(C)(C)O3)cc2[nH]1. The van der Waals surface area contributed by atoms with Gasteiger partial charge < -0.3 is 19.0 Å². The number of carbonyl (C=O) groups is 1. The van der Waals surface area contributed by atoms with E-state index in [4.69, 9.17) is 19.0 Å². The molecule has 1 aliphatic carbocycles. The summed E-state index contributed by atoms with van der Waals surface area (Å²) in [6.07, 6.45) is 1.73. The van der Waals surface area contributed by atoms with Crippen LogP contribution >= 0.6 is 0 Å². The standard InChI is InChI=1S/C23H32BN3O4.CH4/c1-21(2,3)29-20(28)27-17-10-13(17)11-18(27)19-25-15-9-8-14(12-16(15)26-19)24-30-22(4,5)23(6,7)31-24;/h8-9,12-13,17-18H,10-11H2,1-7H3,(H,25,26);1H4/t13-,17-,18+;/m1./s1. The normalized spacial score (nSPS) is 27.9. The minimum atomic E-state index is -0.514. The molecule has 3 fully saturated rings. The third kappa shape index (κ3) is 3.81. The molecule has 174 valence electrons. The van der Waals surface area contributed by atoms with Gasteiger partial charge in [-0.05, 0) is 84.8 Å². The van der Waals surface area contributed by atoms with Gasteiger partial charge in [-0.1, -0.05) is 13.5 Å². The summed E-state index contributed by atoms with van der Waals surface area (Å²) >= 11 is 0. The number of imidazole rings is 1. The van der Waals surface area contributed by atoms with Gasteiger partial charge in [-0.3, -0.25) is 4.90 Å². The number of ether oxygens (including phenoxy) is 1. The minimum absolute atomic E-state index is 0. The van der Waals surface area contributed by atoms with E-state index in [0.29, 0.717) is 5.92 Å². The van der Waals surface area contributed by atoms with Crippen LogP contribution in [0, 0.1) is 5.92 Å². The molecule has 1 amide bonds. The molecule has 8 heteroatoms. The van der Waals surface area contributed by atoms with E-state index in [2.05, 4.69) is 32.7 Å². The second kappa shape index (κ2) is 7.22. The Bertz CT molecular complexity index is 1030. The summed E-state index contributed by atoms with van der Waals surface area (Å²) in [6.45, 7) is 13.9. The molecule has 5 rings (SSSR count). The number of carbonyl (C=O) groups excluding carboxylic acids is 1. The largest absolute Gasteiger partial charge is 0.494 e. The highest BCUT2D eigenvalue weighted by Crippen LogP contribution is 2.53. The van der Waals surface area contributed by atoms with Crippen molar-refractivity contribution >= 4 is 29.7 Å². The summed E-state index contributed by atoms with van der Waals surface area (Å²) in [7, 11) is -0.418. The molecule has 2 aromatic rings. The fourth-order valence-electron chi connectivity index (χ4n) is 4.61. The van der Waals surface area contributed by atoms with Crippen LogP contribution in [-0.4, -0.2) is 50.9 Å². The van der Waals surface area contributed by atoms with Crippen molar-refractivity contribution in [2.45, 2.75) is 97.6 Å². The Kier molecular flexibility index (Phi) is 5.22. The van der Waals surface area contributed by atoms with Crippen molar-refractivity contribution in [1.29, 1.82) is 0 Å². The van der Waals surface area contributed by atoms with E-state index in [9.17, 15) is 4.79 Å². The van der Waals surface area contributed by atoms with Crippen LogP contribution in [0.15, 0.2) is 18.2 Å². The minimum Gasteiger partial charge on any atom is -0.444 e. The highest BCUT2D eigenvalue weighted by molar-refractivity contribution is 6.62. The number of amides is 1. The predicted octanol–water partition coefficient (Wildman–Crippen LogP) is 4.57. The Hall–Kier alpha value is -2.06. The molecule has 2 aliphatic heterocycles. The molecule has 0 spiro atoms. The van der Waals surface area contributed by atoms with Gasteiger partial charge in [-0.2, -0.15) is 0 Å². The second-order valence-corrected chi connectivity index (χ2v) is 11.2. The lowest BCUT2D eigenvalue weighted by Crippen LogP contribution is -2.41. The average Bonchev–Trinajstić information content (AvgIpc) is 3.02. The van der Waals surface area contributed by atoms with Gasteiger partial charge in [0.25, 0.3) is 0 Å². The number of likely N-dealkylation sites (tertiary alicyclic amines) is 1. The number of H-pyrrole nitrogens is 1. The van der Waals surface area contributed by atoms with E-state index in [1.807, 2.05) is 43.9 Å². The molecule has 1 aromatic carbocycles. The highest BCUT2D eigenvalue weighted by atomic mass is 16.7. The summed E-state index contributed by atoms with van der Waals surface area (Å²) in [6, 6.07) is 6.23. The van der Waals surface area contributed by atoms with E-state index >= 15 is 0 Å². The average molecular weight is 441 g/mol. The van der Waals surface area contributed by atoms with Crippen LogP contribution < -0.4 is 5.46 Å². The fraction of sp³-hybridized carbons (Fsp3) is 0.667. The van der Waals surface area contributed by atoms with Crippen LogP contribution in [0.5, 0.6) is 0 Å². The topological polar surface area (TPSA) is 76.7 Å². The van der Waals surface area contributed by atoms with E-state index in [0.717, 1.165) is 35.2 Å². The number of benzene rings is 1. The van der Waals surface area contributed by atoms with Crippen LogP contribution in [0.1, 0.15) is 80.6 Å². The summed E-state index contributed by atoms with van der Waals surface area (Å²) in [4.78, 5) is 23.0. The molecule has 0 radical (unpaired) electrons. The molecule has 7 nitrogen and oxygen atoms in total. The zero-order valence-electron chi connectivity index (χ0n) is 19.5. The summed E-state index contributed by atoms with van der Waals surface area (Å²) in [5, 5.41) is 0. The van der Waals surface area contributed by atoms with Crippen molar-refractivity contribution in [2.75, 3.05) is 0 Å². The smallest absolute Gasteiger partial charge is 0.444 e. The lowest BCUT2D eigenvalue weighted by molar-refractivity contribution is 0.00578. The Morgan fingerprint density at radius 2 is 1.84 bits per heavy atom. The molecule has 0 unspecified atom stereocenters. The number of piperidine rings is 1. The van der Waals surface area contributed by atoms with E-state index in [-0.39, 0.29) is 36.8 Å². The first-order valence-electron chi connectivity index (χ1n) is 11.2. The van der Waals surface area contributed by atoms with Crippen LogP contribution in [0.4, 0.5) is 4.79 Å². The van der Waals surface area contributed by atoms with Crippen LogP contribution in [0.25, 0.3) is 11.0 Å². The molecule has 1 aromatic heterocycles. The Morgan fingerprint density at radius 3 is 2.47 bits per heavy atom. The molecule has 1 saturated carbocycles. The maximum Gasteiger partial charge on any atom is 0.494 e. The van der Waals surface area contributed by atoms with Gasteiger partial charge >= 0.3 is 13.2 Å². The number of nitrogens with one attached hydrogen (secondary N) is 1. The third-order valence-corrected chi connectivity index (χ3v) is 7.07. The van der Waals surface area contributed by atoms with Crippen LogP contribution in [0.2, 0.25) is 0 Å². The van der Waals surface area contributed by atoms with Gasteiger partial charge in [0, 0.05) is 6.04 Å². The monoisotopic (exact) mass is 441 g/mol. The maximum atomic E-state index is 12.9. The zero-order chi connectivity index (χ0) is 22.3. The molecule has 3 aliphatic rings. The van der Waals surface area contributed by atoms with Crippen molar-refractivity contribution in [3.63, 3.8) is 0 Å². The molecule has 2 saturated heterocycles. The number of fused-ring (bicyclic) bond motifs is 2. The Morgan fingerprint density at radius 1 is 1.19 bits per heavy atom. The molecule has 0 bridgehead atoms. The number of nitrogens with zero attached hydrogens (tertiary/aromatic N) is 2. The number of aromatic nitrogens is 2. The highest BCUT2D eigenvalue weighted by Gasteiger charge is 2.56. The molecular formula is C24H36BN3O4. The summed E-state index contributed by atoms with van der Waals surface area (Å²) in [5.41, 5.74) is 1.47. The summed E-state index contributed by atoms with van der Waals surface area (Å²) in [5.74, 6) is 1.37. The van der Waals surface area contributed by atoms with Gasteiger partial charge in [0.05, 0.1) is 28.3 Å². The third-order valence-electron chi connectivity index (χ3n) is 7.07.